The Morgan fingerprint density at radius 2 is 1.51 bits per heavy atom. The Bertz CT molecular complexity index is 1410. The Morgan fingerprint density at radius 1 is 0.800 bits per heavy atom. The fourth-order valence-electron chi connectivity index (χ4n) is 3.55. The predicted molar refractivity (Wildman–Crippen MR) is 134 cm³/mol. The van der Waals surface area contributed by atoms with Crippen LogP contribution in [0.5, 0.6) is 17.2 Å². The molecule has 8 nitrogen and oxygen atoms in total. The summed E-state index contributed by atoms with van der Waals surface area (Å²) < 4.78 is 21.6. The van der Waals surface area contributed by atoms with Gasteiger partial charge in [0, 0.05) is 11.5 Å². The maximum Gasteiger partial charge on any atom is 0.293 e. The van der Waals surface area contributed by atoms with Crippen LogP contribution >= 0.6 is 0 Å². The van der Waals surface area contributed by atoms with E-state index >= 15 is 0 Å². The molecule has 2 amide bonds. The molecule has 0 bridgehead atoms. The van der Waals surface area contributed by atoms with Crippen LogP contribution in [0.25, 0.3) is 17.0 Å². The molecule has 0 atom stereocenters. The molecule has 4 aromatic rings. The third kappa shape index (κ3) is 5.11. The smallest absolute Gasteiger partial charge is 0.293 e. The minimum atomic E-state index is -0.523. The number of rotatable bonds is 8. The van der Waals surface area contributed by atoms with Gasteiger partial charge in [-0.15, -0.1) is 0 Å². The second kappa shape index (κ2) is 10.5. The van der Waals surface area contributed by atoms with Gasteiger partial charge >= 0.3 is 0 Å². The summed E-state index contributed by atoms with van der Waals surface area (Å²) in [6.07, 6.45) is 3.00. The lowest BCUT2D eigenvalue weighted by atomic mass is 10.1. The molecule has 0 aliphatic carbocycles. The summed E-state index contributed by atoms with van der Waals surface area (Å²) in [7, 11) is 4.61. The molecule has 0 fully saturated rings. The van der Waals surface area contributed by atoms with E-state index in [-0.39, 0.29) is 11.4 Å². The van der Waals surface area contributed by atoms with Crippen molar-refractivity contribution in [1.82, 2.24) is 0 Å². The van der Waals surface area contributed by atoms with Crippen LogP contribution in [0.15, 0.2) is 77.2 Å². The van der Waals surface area contributed by atoms with Gasteiger partial charge in [-0.1, -0.05) is 30.3 Å². The van der Waals surface area contributed by atoms with Crippen molar-refractivity contribution in [3.63, 3.8) is 0 Å². The SMILES string of the molecule is COc1ccccc1NC(=O)c1oc2ccccc2c1NC(=O)C=Cc1ccc(OC)c(OC)c1. The molecule has 0 aliphatic heterocycles. The van der Waals surface area contributed by atoms with Crippen LogP contribution in [0.3, 0.4) is 0 Å². The molecule has 0 spiro atoms. The molecule has 0 saturated carbocycles. The Labute approximate surface area is 202 Å². The van der Waals surface area contributed by atoms with Gasteiger partial charge in [0.1, 0.15) is 17.0 Å². The van der Waals surface area contributed by atoms with Crippen molar-refractivity contribution in [3.05, 3.63) is 84.1 Å². The van der Waals surface area contributed by atoms with Crippen LogP contribution in [0.1, 0.15) is 16.1 Å². The first-order valence-electron chi connectivity index (χ1n) is 10.7. The zero-order valence-electron chi connectivity index (χ0n) is 19.5. The molecule has 3 aromatic carbocycles. The Hall–Kier alpha value is -4.72. The zero-order chi connectivity index (χ0) is 24.8. The first-order valence-corrected chi connectivity index (χ1v) is 10.7. The minimum Gasteiger partial charge on any atom is -0.495 e. The molecule has 0 unspecified atom stereocenters. The highest BCUT2D eigenvalue weighted by atomic mass is 16.5. The number of furan rings is 1. The van der Waals surface area contributed by atoms with Crippen molar-refractivity contribution in [2.45, 2.75) is 0 Å². The number of benzene rings is 3. The van der Waals surface area contributed by atoms with E-state index in [9.17, 15) is 9.59 Å². The topological polar surface area (TPSA) is 99.0 Å². The highest BCUT2D eigenvalue weighted by molar-refractivity contribution is 6.16. The Balaban J connectivity index is 1.60. The lowest BCUT2D eigenvalue weighted by Crippen LogP contribution is -2.16. The Morgan fingerprint density at radius 3 is 2.29 bits per heavy atom. The molecule has 1 heterocycles. The fraction of sp³-hybridized carbons (Fsp3) is 0.111. The normalized spacial score (nSPS) is 10.8. The van der Waals surface area contributed by atoms with E-state index in [1.807, 2.05) is 0 Å². The van der Waals surface area contributed by atoms with Crippen LogP contribution < -0.4 is 24.8 Å². The van der Waals surface area contributed by atoms with E-state index in [1.54, 1.807) is 87.0 Å². The highest BCUT2D eigenvalue weighted by Crippen LogP contribution is 2.33. The maximum absolute atomic E-state index is 13.1. The monoisotopic (exact) mass is 472 g/mol. The number of hydrogen-bond acceptors (Lipinski definition) is 6. The van der Waals surface area contributed by atoms with Crippen molar-refractivity contribution in [3.8, 4) is 17.2 Å². The van der Waals surface area contributed by atoms with E-state index in [0.29, 0.717) is 33.9 Å². The molecule has 0 aliphatic rings. The standard InChI is InChI=1S/C27H24N2O6/c1-32-21-11-7-5-9-19(21)28-27(31)26-25(18-8-4-6-10-20(18)35-26)29-24(30)15-13-17-12-14-22(33-2)23(16-17)34-3/h4-16H,1-3H3,(H,28,31)(H,29,30). The van der Waals surface area contributed by atoms with Gasteiger partial charge in [-0.3, -0.25) is 9.59 Å². The summed E-state index contributed by atoms with van der Waals surface area (Å²) >= 11 is 0. The molecule has 8 heteroatoms. The van der Waals surface area contributed by atoms with Crippen molar-refractivity contribution in [2.24, 2.45) is 0 Å². The summed E-state index contributed by atoms with van der Waals surface area (Å²) in [6.45, 7) is 0. The fourth-order valence-corrected chi connectivity index (χ4v) is 3.55. The first-order chi connectivity index (χ1) is 17.0. The molecule has 2 N–H and O–H groups in total. The summed E-state index contributed by atoms with van der Waals surface area (Å²) in [5, 5.41) is 6.17. The largest absolute Gasteiger partial charge is 0.495 e. The molecule has 178 valence electrons. The molecule has 0 saturated heterocycles. The maximum atomic E-state index is 13.1. The van der Waals surface area contributed by atoms with Crippen molar-refractivity contribution in [2.75, 3.05) is 32.0 Å². The number of anilines is 2. The van der Waals surface area contributed by atoms with E-state index in [4.69, 9.17) is 18.6 Å². The van der Waals surface area contributed by atoms with E-state index in [2.05, 4.69) is 10.6 Å². The second-order valence-electron chi connectivity index (χ2n) is 7.39. The average molecular weight is 472 g/mol. The third-order valence-electron chi connectivity index (χ3n) is 5.24. The molecule has 35 heavy (non-hydrogen) atoms. The van der Waals surface area contributed by atoms with Crippen LogP contribution in [0, 0.1) is 0 Å². The van der Waals surface area contributed by atoms with Gasteiger partial charge in [0.25, 0.3) is 5.91 Å². The van der Waals surface area contributed by atoms with Gasteiger partial charge in [0.2, 0.25) is 11.7 Å². The van der Waals surface area contributed by atoms with Crippen LogP contribution in [-0.2, 0) is 4.79 Å². The lowest BCUT2D eigenvalue weighted by Gasteiger charge is -2.10. The summed E-state index contributed by atoms with van der Waals surface area (Å²) in [6, 6.07) is 19.4. The molecule has 1 aromatic heterocycles. The number of amides is 2. The van der Waals surface area contributed by atoms with Crippen molar-refractivity contribution < 1.29 is 28.2 Å². The van der Waals surface area contributed by atoms with Crippen LogP contribution in [0.4, 0.5) is 11.4 Å². The number of carbonyl (C=O) groups is 2. The number of methoxy groups -OCH3 is 3. The third-order valence-corrected chi connectivity index (χ3v) is 5.24. The van der Waals surface area contributed by atoms with Crippen LogP contribution in [-0.4, -0.2) is 33.1 Å². The van der Waals surface area contributed by atoms with Gasteiger partial charge in [-0.05, 0) is 48.0 Å². The predicted octanol–water partition coefficient (Wildman–Crippen LogP) is 5.36. The molecular weight excluding hydrogens is 448 g/mol. The zero-order valence-corrected chi connectivity index (χ0v) is 19.5. The number of nitrogens with one attached hydrogen (secondary N) is 2. The average Bonchev–Trinajstić information content (AvgIpc) is 3.26. The van der Waals surface area contributed by atoms with Gasteiger partial charge in [0.05, 0.1) is 27.0 Å². The van der Waals surface area contributed by atoms with E-state index in [1.165, 1.54) is 13.2 Å². The second-order valence-corrected chi connectivity index (χ2v) is 7.39. The quantitative estimate of drug-likeness (QED) is 0.335. The first kappa shape index (κ1) is 23.4. The minimum absolute atomic E-state index is 0.0232. The summed E-state index contributed by atoms with van der Waals surface area (Å²) in [5.41, 5.74) is 1.96. The summed E-state index contributed by atoms with van der Waals surface area (Å²) in [4.78, 5) is 25.9. The highest BCUT2D eigenvalue weighted by Gasteiger charge is 2.22. The molecule has 0 radical (unpaired) electrons. The van der Waals surface area contributed by atoms with Gasteiger partial charge in [-0.25, -0.2) is 0 Å². The molecular formula is C27H24N2O6. The number of carbonyl (C=O) groups excluding carboxylic acids is 2. The van der Waals surface area contributed by atoms with Crippen molar-refractivity contribution in [1.29, 1.82) is 0 Å². The number of para-hydroxylation sites is 3. The number of hydrogen-bond donors (Lipinski definition) is 2. The van der Waals surface area contributed by atoms with Gasteiger partial charge < -0.3 is 29.3 Å². The van der Waals surface area contributed by atoms with Crippen LogP contribution in [0.2, 0.25) is 0 Å². The summed E-state index contributed by atoms with van der Waals surface area (Å²) in [5.74, 6) is 0.656. The Kier molecular flexibility index (Phi) is 7.02. The lowest BCUT2D eigenvalue weighted by molar-refractivity contribution is -0.111. The molecule has 4 rings (SSSR count). The number of ether oxygens (including phenoxy) is 3. The number of fused-ring (bicyclic) bond motifs is 1. The van der Waals surface area contributed by atoms with Gasteiger partial charge in [0.15, 0.2) is 11.5 Å². The van der Waals surface area contributed by atoms with E-state index in [0.717, 1.165) is 5.56 Å². The van der Waals surface area contributed by atoms with Crippen molar-refractivity contribution >= 4 is 40.2 Å². The van der Waals surface area contributed by atoms with Gasteiger partial charge in [-0.2, -0.15) is 0 Å². The van der Waals surface area contributed by atoms with E-state index < -0.39 is 11.8 Å².